The van der Waals surface area contributed by atoms with Crippen LogP contribution in [0.1, 0.15) is 66.5 Å². The normalized spacial score (nSPS) is 18.1. The van der Waals surface area contributed by atoms with Gasteiger partial charge in [-0.15, -0.1) is 0 Å². The van der Waals surface area contributed by atoms with Gasteiger partial charge in [-0.3, -0.25) is 0 Å². The number of hydrogen-bond acceptors (Lipinski definition) is 8. The van der Waals surface area contributed by atoms with Crippen LogP contribution in [0.4, 0.5) is 22.7 Å². The van der Waals surface area contributed by atoms with Gasteiger partial charge in [-0.2, -0.15) is 0 Å². The van der Waals surface area contributed by atoms with Crippen LogP contribution in [0.25, 0.3) is 0 Å². The number of nitrogens with zero attached hydrogens (tertiary/aromatic N) is 4. The molecule has 0 atom stereocenters. The minimum absolute atomic E-state index is 0. The van der Waals surface area contributed by atoms with Crippen molar-refractivity contribution in [3.8, 4) is 0 Å². The fraction of sp³-hybridized carbons (Fsp3) is 0.455. The van der Waals surface area contributed by atoms with Gasteiger partial charge in [0.2, 0.25) is 0 Å². The molecule has 1 radical (unpaired) electrons. The second-order valence-corrected chi connectivity index (χ2v) is 17.7. The molecule has 0 aromatic heterocycles. The van der Waals surface area contributed by atoms with E-state index in [0.29, 0.717) is 0 Å². The molecule has 299 valence electrons. The first-order valence-corrected chi connectivity index (χ1v) is 20.1. The summed E-state index contributed by atoms with van der Waals surface area (Å²) in [6.07, 6.45) is 0. The molecule has 7 rings (SSSR count). The molecule has 0 aliphatic carbocycles. The van der Waals surface area contributed by atoms with E-state index < -0.39 is 11.2 Å². The van der Waals surface area contributed by atoms with Crippen LogP contribution >= 0.6 is 15.9 Å². The standard InChI is InChI=1S/C25H35BN2O3.C19H23BrN2O.V.W/c1-23(2,29)19-7-11-21(12-8-19)27-15-17-28(18-16-27)22-13-9-20(10-14-22)26-30-24(3,4)25(5,6)31-26;1-19(2,23)15-3-7-17(8-4-15)21-11-13-22(14-12-21)18-9-5-16(20)6-10-18;;/h7-14,29H,15-18H2,1-6H3;3-10,23H,11-14H2,1-2H3;;. The number of piperazine rings is 2. The fourth-order valence-corrected chi connectivity index (χ4v) is 7.34. The van der Waals surface area contributed by atoms with Gasteiger partial charge in [0.1, 0.15) is 0 Å². The summed E-state index contributed by atoms with van der Waals surface area (Å²) < 4.78 is 13.5. The van der Waals surface area contributed by atoms with Gasteiger partial charge in [-0.25, -0.2) is 0 Å². The number of hydrogen-bond donors (Lipinski definition) is 2. The average molecular weight is 1030 g/mol. The molecule has 3 heterocycles. The van der Waals surface area contributed by atoms with E-state index in [4.69, 9.17) is 9.31 Å². The molecule has 4 aromatic rings. The molecule has 3 aliphatic rings. The molecule has 3 aliphatic heterocycles. The van der Waals surface area contributed by atoms with E-state index in [0.717, 1.165) is 73.4 Å². The minimum Gasteiger partial charge on any atom is -0.399 e. The van der Waals surface area contributed by atoms with E-state index in [-0.39, 0.29) is 57.9 Å². The van der Waals surface area contributed by atoms with Gasteiger partial charge in [0, 0.05) is 119 Å². The topological polar surface area (TPSA) is 71.9 Å². The van der Waals surface area contributed by atoms with Crippen molar-refractivity contribution >= 4 is 51.3 Å². The van der Waals surface area contributed by atoms with E-state index in [1.807, 2.05) is 52.0 Å². The Labute approximate surface area is 370 Å². The quantitative estimate of drug-likeness (QED) is 0.184. The van der Waals surface area contributed by atoms with Crippen LogP contribution < -0.4 is 25.1 Å². The van der Waals surface area contributed by atoms with E-state index in [2.05, 4.69) is 136 Å². The monoisotopic (exact) mass is 1030 g/mol. The molecule has 0 bridgehead atoms. The Kier molecular flexibility index (Phi) is 15.6. The third-order valence-electron chi connectivity index (χ3n) is 11.4. The van der Waals surface area contributed by atoms with Crippen LogP contribution in [-0.2, 0) is 60.1 Å². The third kappa shape index (κ3) is 11.3. The van der Waals surface area contributed by atoms with E-state index in [1.54, 1.807) is 0 Å². The van der Waals surface area contributed by atoms with Gasteiger partial charge in [0.15, 0.2) is 0 Å². The predicted molar refractivity (Wildman–Crippen MR) is 229 cm³/mol. The van der Waals surface area contributed by atoms with Crippen molar-refractivity contribution in [1.82, 2.24) is 0 Å². The first kappa shape index (κ1) is 46.4. The number of anilines is 4. The van der Waals surface area contributed by atoms with Crippen molar-refractivity contribution in [1.29, 1.82) is 0 Å². The average Bonchev–Trinajstić information content (AvgIpc) is 3.37. The molecule has 3 fully saturated rings. The van der Waals surface area contributed by atoms with Crippen molar-refractivity contribution in [3.63, 3.8) is 0 Å². The molecular weight excluding hydrogens is 974 g/mol. The summed E-state index contributed by atoms with van der Waals surface area (Å²) in [6.45, 7) is 23.6. The molecule has 3 saturated heterocycles. The first-order valence-electron chi connectivity index (χ1n) is 19.3. The van der Waals surface area contributed by atoms with Crippen molar-refractivity contribution < 1.29 is 59.1 Å². The fourth-order valence-electron chi connectivity index (χ4n) is 7.08. The first-order chi connectivity index (χ1) is 25.4. The van der Waals surface area contributed by atoms with Crippen LogP contribution in [0.15, 0.2) is 102 Å². The van der Waals surface area contributed by atoms with Crippen LogP contribution in [-0.4, -0.2) is 80.9 Å². The maximum atomic E-state index is 10.2. The van der Waals surface area contributed by atoms with Gasteiger partial charge in [0.25, 0.3) is 0 Å². The molecule has 12 heteroatoms. The predicted octanol–water partition coefficient (Wildman–Crippen LogP) is 7.54. The number of halogens is 1. The Morgan fingerprint density at radius 1 is 0.500 bits per heavy atom. The second-order valence-electron chi connectivity index (χ2n) is 16.8. The summed E-state index contributed by atoms with van der Waals surface area (Å²) >= 11 is 3.48. The smallest absolute Gasteiger partial charge is 0.399 e. The molecule has 0 spiro atoms. The van der Waals surface area contributed by atoms with Gasteiger partial charge < -0.3 is 39.1 Å². The maximum absolute atomic E-state index is 10.2. The molecule has 4 aromatic carbocycles. The van der Waals surface area contributed by atoms with Gasteiger partial charge in [0.05, 0.1) is 22.4 Å². The van der Waals surface area contributed by atoms with Crippen LogP contribution in [0, 0.1) is 0 Å². The number of benzene rings is 4. The maximum Gasteiger partial charge on any atom is 0.494 e. The van der Waals surface area contributed by atoms with Crippen LogP contribution in [0.5, 0.6) is 0 Å². The molecule has 2 N–H and O–H groups in total. The number of aliphatic hydroxyl groups is 2. The van der Waals surface area contributed by atoms with Crippen molar-refractivity contribution in [2.45, 2.75) is 77.8 Å². The van der Waals surface area contributed by atoms with Crippen molar-refractivity contribution in [2.75, 3.05) is 72.0 Å². The van der Waals surface area contributed by atoms with Crippen molar-refractivity contribution in [2.24, 2.45) is 0 Å². The summed E-state index contributed by atoms with van der Waals surface area (Å²) in [5.41, 5.74) is 5.69. The number of rotatable bonds is 7. The summed E-state index contributed by atoms with van der Waals surface area (Å²) in [5, 5.41) is 20.2. The molecular formula is C44H58BBrN4O4VW. The summed E-state index contributed by atoms with van der Waals surface area (Å²) in [4.78, 5) is 9.66. The van der Waals surface area contributed by atoms with E-state index >= 15 is 0 Å². The van der Waals surface area contributed by atoms with Gasteiger partial charge >= 0.3 is 7.12 Å². The Hall–Kier alpha value is -2.26. The SMILES string of the molecule is CC(C)(O)c1ccc(N2CCN(c3ccc(B4OC(C)(C)C(C)(C)O4)cc3)CC2)cc1.CC(C)(O)c1ccc(N2CCN(c3ccc(Br)cc3)CC2)cc1.[V].[W]. The minimum atomic E-state index is -0.802. The Morgan fingerprint density at radius 3 is 1.02 bits per heavy atom. The molecule has 0 unspecified atom stereocenters. The van der Waals surface area contributed by atoms with E-state index in [9.17, 15) is 10.2 Å². The molecule has 56 heavy (non-hydrogen) atoms. The molecule has 0 saturated carbocycles. The van der Waals surface area contributed by atoms with Crippen LogP contribution in [0.2, 0.25) is 0 Å². The Bertz CT molecular complexity index is 1800. The summed E-state index contributed by atoms with van der Waals surface area (Å²) in [5.74, 6) is 0. The van der Waals surface area contributed by atoms with Gasteiger partial charge in [-0.05, 0) is 133 Å². The van der Waals surface area contributed by atoms with E-state index in [1.165, 1.54) is 22.7 Å². The zero-order valence-corrected chi connectivity index (χ0v) is 40.1. The van der Waals surface area contributed by atoms with Crippen molar-refractivity contribution in [3.05, 3.63) is 113 Å². The van der Waals surface area contributed by atoms with Gasteiger partial charge in [-0.1, -0.05) is 52.3 Å². The largest absolute Gasteiger partial charge is 0.494 e. The summed E-state index contributed by atoms with van der Waals surface area (Å²) in [7, 11) is -0.317. The molecule has 8 nitrogen and oxygen atoms in total. The van der Waals surface area contributed by atoms with Crippen LogP contribution in [0.3, 0.4) is 0 Å². The Balaban J connectivity index is 0.000000250. The Morgan fingerprint density at radius 2 is 0.750 bits per heavy atom. The molecule has 0 amide bonds. The third-order valence-corrected chi connectivity index (χ3v) is 11.9. The zero-order chi connectivity index (χ0) is 38.9. The zero-order valence-electron chi connectivity index (χ0n) is 34.2. The second kappa shape index (κ2) is 18.8. The summed E-state index contributed by atoms with van der Waals surface area (Å²) in [6, 6.07) is 33.7.